The number of aromatic amines is 1. The Labute approximate surface area is 142 Å². The molecule has 2 N–H and O–H groups in total. The number of hydrogen-bond acceptors (Lipinski definition) is 4. The van der Waals surface area contributed by atoms with Gasteiger partial charge in [-0.3, -0.25) is 5.10 Å². The number of fused-ring (bicyclic) bond motifs is 1. The van der Waals surface area contributed by atoms with E-state index in [2.05, 4.69) is 62.8 Å². The highest BCUT2D eigenvalue weighted by atomic mass is 15.1. The van der Waals surface area contributed by atoms with E-state index in [0.29, 0.717) is 6.04 Å². The third-order valence-corrected chi connectivity index (χ3v) is 4.89. The van der Waals surface area contributed by atoms with Crippen LogP contribution in [0.1, 0.15) is 18.5 Å². The maximum Gasteiger partial charge on any atom is 0.181 e. The lowest BCUT2D eigenvalue weighted by Gasteiger charge is -2.30. The number of nitrogens with one attached hydrogen (secondary N) is 2. The molecule has 1 aliphatic heterocycles. The Morgan fingerprint density at radius 3 is 2.83 bits per heavy atom. The first kappa shape index (κ1) is 15.1. The van der Waals surface area contributed by atoms with Crippen molar-refractivity contribution in [2.24, 2.45) is 0 Å². The molecule has 124 valence electrons. The van der Waals surface area contributed by atoms with Crippen molar-refractivity contribution >= 4 is 16.7 Å². The van der Waals surface area contributed by atoms with Crippen LogP contribution in [0, 0.1) is 6.92 Å². The number of benzene rings is 1. The molecule has 2 aromatic heterocycles. The lowest BCUT2D eigenvalue weighted by molar-refractivity contribution is 0.264. The summed E-state index contributed by atoms with van der Waals surface area (Å²) in [6.45, 7) is 4.36. The Hall–Kier alpha value is -2.40. The van der Waals surface area contributed by atoms with Crippen LogP contribution in [0.3, 0.4) is 0 Å². The van der Waals surface area contributed by atoms with Crippen molar-refractivity contribution < 1.29 is 0 Å². The summed E-state index contributed by atoms with van der Waals surface area (Å²) in [5.74, 6) is 0. The van der Waals surface area contributed by atoms with Gasteiger partial charge in [0.25, 0.3) is 0 Å². The number of pyridine rings is 1. The van der Waals surface area contributed by atoms with Crippen molar-refractivity contribution in [1.82, 2.24) is 20.1 Å². The summed E-state index contributed by atoms with van der Waals surface area (Å²) in [7, 11) is 2.19. The zero-order valence-corrected chi connectivity index (χ0v) is 14.2. The van der Waals surface area contributed by atoms with Crippen molar-refractivity contribution in [2.45, 2.75) is 25.8 Å². The highest BCUT2D eigenvalue weighted by molar-refractivity contribution is 5.83. The molecule has 0 saturated carbocycles. The van der Waals surface area contributed by atoms with Gasteiger partial charge < -0.3 is 10.2 Å². The van der Waals surface area contributed by atoms with Gasteiger partial charge in [-0.05, 0) is 63.7 Å². The monoisotopic (exact) mass is 321 g/mol. The van der Waals surface area contributed by atoms with Gasteiger partial charge in [0.2, 0.25) is 0 Å². The molecule has 1 fully saturated rings. The predicted molar refractivity (Wildman–Crippen MR) is 98.2 cm³/mol. The summed E-state index contributed by atoms with van der Waals surface area (Å²) in [6, 6.07) is 11.3. The summed E-state index contributed by atoms with van der Waals surface area (Å²) >= 11 is 0. The maximum atomic E-state index is 4.46. The average molecular weight is 321 g/mol. The van der Waals surface area contributed by atoms with E-state index in [0.717, 1.165) is 35.4 Å². The first-order valence-electron chi connectivity index (χ1n) is 8.55. The highest BCUT2D eigenvalue weighted by Gasteiger charge is 2.16. The average Bonchev–Trinajstić information content (AvgIpc) is 2.98. The topological polar surface area (TPSA) is 56.8 Å². The molecule has 5 nitrogen and oxygen atoms in total. The van der Waals surface area contributed by atoms with Gasteiger partial charge >= 0.3 is 0 Å². The van der Waals surface area contributed by atoms with Gasteiger partial charge in [-0.25, -0.2) is 4.98 Å². The lowest BCUT2D eigenvalue weighted by Crippen LogP contribution is -2.36. The quantitative estimate of drug-likeness (QED) is 0.776. The SMILES string of the molecule is Cc1[nH]nc2ncc(-c3cccc(NC4CCN(C)CC4)c3)cc12. The fourth-order valence-electron chi connectivity index (χ4n) is 3.35. The van der Waals surface area contributed by atoms with Crippen LogP contribution in [0.25, 0.3) is 22.2 Å². The van der Waals surface area contributed by atoms with Crippen LogP contribution in [0.15, 0.2) is 36.5 Å². The van der Waals surface area contributed by atoms with Crippen LogP contribution in [0.5, 0.6) is 0 Å². The maximum absolute atomic E-state index is 4.46. The van der Waals surface area contributed by atoms with Crippen molar-refractivity contribution in [3.63, 3.8) is 0 Å². The molecule has 1 saturated heterocycles. The Bertz CT molecular complexity index is 846. The minimum atomic E-state index is 0.563. The summed E-state index contributed by atoms with van der Waals surface area (Å²) in [6.07, 6.45) is 4.29. The minimum Gasteiger partial charge on any atom is -0.382 e. The molecule has 0 radical (unpaired) electrons. The number of H-pyrrole nitrogens is 1. The summed E-state index contributed by atoms with van der Waals surface area (Å²) in [5, 5.41) is 12.0. The number of anilines is 1. The van der Waals surface area contributed by atoms with Gasteiger partial charge in [0, 0.05) is 34.6 Å². The summed E-state index contributed by atoms with van der Waals surface area (Å²) in [5.41, 5.74) is 5.32. The minimum absolute atomic E-state index is 0.563. The molecular weight excluding hydrogens is 298 g/mol. The Kier molecular flexibility index (Phi) is 3.94. The molecule has 0 amide bonds. The van der Waals surface area contributed by atoms with Crippen LogP contribution in [0.2, 0.25) is 0 Å². The largest absolute Gasteiger partial charge is 0.382 e. The molecule has 1 aromatic carbocycles. The number of aromatic nitrogens is 3. The first-order chi connectivity index (χ1) is 11.7. The molecule has 3 aromatic rings. The highest BCUT2D eigenvalue weighted by Crippen LogP contribution is 2.26. The Balaban J connectivity index is 1.58. The van der Waals surface area contributed by atoms with E-state index in [1.165, 1.54) is 24.1 Å². The predicted octanol–water partition coefficient (Wildman–Crippen LogP) is 3.44. The van der Waals surface area contributed by atoms with Crippen LogP contribution in [-0.2, 0) is 0 Å². The van der Waals surface area contributed by atoms with Crippen molar-refractivity contribution in [1.29, 1.82) is 0 Å². The first-order valence-corrected chi connectivity index (χ1v) is 8.55. The molecule has 0 bridgehead atoms. The number of hydrogen-bond donors (Lipinski definition) is 2. The third-order valence-electron chi connectivity index (χ3n) is 4.89. The normalized spacial score (nSPS) is 16.6. The molecule has 0 atom stereocenters. The Morgan fingerprint density at radius 2 is 2.00 bits per heavy atom. The van der Waals surface area contributed by atoms with E-state index in [1.54, 1.807) is 0 Å². The molecular formula is C19H23N5. The number of nitrogens with zero attached hydrogens (tertiary/aromatic N) is 3. The number of piperidine rings is 1. The second kappa shape index (κ2) is 6.24. The van der Waals surface area contributed by atoms with E-state index in [9.17, 15) is 0 Å². The molecule has 4 rings (SSSR count). The Morgan fingerprint density at radius 1 is 1.17 bits per heavy atom. The van der Waals surface area contributed by atoms with Crippen molar-refractivity contribution in [3.05, 3.63) is 42.2 Å². The van der Waals surface area contributed by atoms with Gasteiger partial charge in [0.1, 0.15) is 0 Å². The number of likely N-dealkylation sites (tertiary alicyclic amines) is 1. The molecule has 3 heterocycles. The number of aryl methyl sites for hydroxylation is 1. The smallest absolute Gasteiger partial charge is 0.181 e. The van der Waals surface area contributed by atoms with Gasteiger partial charge in [0.05, 0.1) is 0 Å². The second-order valence-electron chi connectivity index (χ2n) is 6.75. The van der Waals surface area contributed by atoms with Gasteiger partial charge in [-0.1, -0.05) is 12.1 Å². The van der Waals surface area contributed by atoms with E-state index in [-0.39, 0.29) is 0 Å². The van der Waals surface area contributed by atoms with Crippen LogP contribution in [-0.4, -0.2) is 46.3 Å². The summed E-state index contributed by atoms with van der Waals surface area (Å²) < 4.78 is 0. The molecule has 0 spiro atoms. The van der Waals surface area contributed by atoms with E-state index in [1.807, 2.05) is 13.1 Å². The van der Waals surface area contributed by atoms with Crippen molar-refractivity contribution in [3.8, 4) is 11.1 Å². The van der Waals surface area contributed by atoms with Gasteiger partial charge in [-0.15, -0.1) is 0 Å². The molecule has 5 heteroatoms. The van der Waals surface area contributed by atoms with E-state index in [4.69, 9.17) is 0 Å². The van der Waals surface area contributed by atoms with Gasteiger partial charge in [-0.2, -0.15) is 5.10 Å². The van der Waals surface area contributed by atoms with Crippen LogP contribution in [0.4, 0.5) is 5.69 Å². The molecule has 1 aliphatic rings. The fraction of sp³-hybridized carbons (Fsp3) is 0.368. The van der Waals surface area contributed by atoms with Gasteiger partial charge in [0.15, 0.2) is 5.65 Å². The standard InChI is InChI=1S/C19H23N5/c1-13-18-11-15(12-20-19(18)23-22-13)14-4-3-5-17(10-14)21-16-6-8-24(2)9-7-16/h3-5,10-12,16,21H,6-9H2,1-2H3,(H,20,22,23). The zero-order chi connectivity index (χ0) is 16.5. The third kappa shape index (κ3) is 2.99. The zero-order valence-electron chi connectivity index (χ0n) is 14.2. The van der Waals surface area contributed by atoms with Crippen LogP contribution >= 0.6 is 0 Å². The van der Waals surface area contributed by atoms with Crippen LogP contribution < -0.4 is 5.32 Å². The lowest BCUT2D eigenvalue weighted by atomic mass is 10.0. The molecule has 24 heavy (non-hydrogen) atoms. The van der Waals surface area contributed by atoms with E-state index < -0.39 is 0 Å². The fourth-order valence-corrected chi connectivity index (χ4v) is 3.35. The summed E-state index contributed by atoms with van der Waals surface area (Å²) in [4.78, 5) is 6.86. The molecule has 0 aliphatic carbocycles. The van der Waals surface area contributed by atoms with Crippen molar-refractivity contribution in [2.75, 3.05) is 25.5 Å². The van der Waals surface area contributed by atoms with E-state index >= 15 is 0 Å². The second-order valence-corrected chi connectivity index (χ2v) is 6.75. The number of rotatable bonds is 3. The molecule has 0 unspecified atom stereocenters.